The highest BCUT2D eigenvalue weighted by Crippen LogP contribution is 2.37. The number of ether oxygens (including phenoxy) is 1. The van der Waals surface area contributed by atoms with Crippen LogP contribution >= 0.6 is 0 Å². The van der Waals surface area contributed by atoms with E-state index in [4.69, 9.17) is 4.74 Å². The molecule has 20 heavy (non-hydrogen) atoms. The van der Waals surface area contributed by atoms with Gasteiger partial charge in [0, 0.05) is 23.8 Å². The maximum Gasteiger partial charge on any atom is 0.126 e. The number of hydrogen-bond donors (Lipinski definition) is 1. The van der Waals surface area contributed by atoms with E-state index in [0.29, 0.717) is 6.04 Å². The Morgan fingerprint density at radius 2 is 2.00 bits per heavy atom. The van der Waals surface area contributed by atoms with Crippen LogP contribution in [0.25, 0.3) is 0 Å². The maximum absolute atomic E-state index is 10.2. The fraction of sp³-hybridized carbons (Fsp3) is 0.647. The average molecular weight is 277 g/mol. The number of aliphatic hydroxyl groups is 1. The molecule has 0 saturated heterocycles. The molecule has 3 nitrogen and oxygen atoms in total. The van der Waals surface area contributed by atoms with Gasteiger partial charge in [-0.2, -0.15) is 0 Å². The summed E-state index contributed by atoms with van der Waals surface area (Å²) in [5.74, 6) is 0.784. The summed E-state index contributed by atoms with van der Waals surface area (Å²) < 4.78 is 5.44. The lowest BCUT2D eigenvalue weighted by Gasteiger charge is -2.37. The van der Waals surface area contributed by atoms with Crippen molar-refractivity contribution in [2.45, 2.75) is 58.1 Å². The molecule has 3 heteroatoms. The molecule has 0 spiro atoms. The van der Waals surface area contributed by atoms with Gasteiger partial charge in [0.1, 0.15) is 5.75 Å². The molecule has 0 amide bonds. The van der Waals surface area contributed by atoms with Gasteiger partial charge in [0.2, 0.25) is 0 Å². The number of aliphatic hydroxyl groups excluding tert-OH is 1. The molecule has 0 radical (unpaired) electrons. The number of methoxy groups -OCH3 is 1. The number of anilines is 1. The SMILES string of the molecule is CCN(c1cccc(OC)c1[C@H](C)O)C1CCCCC1. The van der Waals surface area contributed by atoms with Crippen LogP contribution in [-0.4, -0.2) is 24.8 Å². The molecule has 1 aliphatic carbocycles. The Balaban J connectivity index is 2.37. The van der Waals surface area contributed by atoms with Gasteiger partial charge in [-0.15, -0.1) is 0 Å². The lowest BCUT2D eigenvalue weighted by atomic mass is 9.93. The van der Waals surface area contributed by atoms with Crippen molar-refractivity contribution in [3.63, 3.8) is 0 Å². The van der Waals surface area contributed by atoms with E-state index in [2.05, 4.69) is 17.9 Å². The van der Waals surface area contributed by atoms with Crippen LogP contribution in [0.2, 0.25) is 0 Å². The Bertz CT molecular complexity index is 425. The largest absolute Gasteiger partial charge is 0.496 e. The summed E-state index contributed by atoms with van der Waals surface area (Å²) >= 11 is 0. The fourth-order valence-electron chi connectivity index (χ4n) is 3.40. The monoisotopic (exact) mass is 277 g/mol. The van der Waals surface area contributed by atoms with Gasteiger partial charge in [0.25, 0.3) is 0 Å². The quantitative estimate of drug-likeness (QED) is 0.885. The Hall–Kier alpha value is -1.22. The van der Waals surface area contributed by atoms with Crippen LogP contribution in [0.15, 0.2) is 18.2 Å². The summed E-state index contributed by atoms with van der Waals surface area (Å²) in [6.07, 6.45) is 5.98. The molecule has 2 rings (SSSR count). The lowest BCUT2D eigenvalue weighted by Crippen LogP contribution is -2.37. The number of rotatable bonds is 5. The minimum atomic E-state index is -0.515. The number of hydrogen-bond acceptors (Lipinski definition) is 3. The Morgan fingerprint density at radius 1 is 1.30 bits per heavy atom. The smallest absolute Gasteiger partial charge is 0.126 e. The zero-order chi connectivity index (χ0) is 14.5. The highest BCUT2D eigenvalue weighted by molar-refractivity contribution is 5.61. The first-order chi connectivity index (χ1) is 9.69. The van der Waals surface area contributed by atoms with E-state index < -0.39 is 6.10 Å². The van der Waals surface area contributed by atoms with Gasteiger partial charge in [-0.1, -0.05) is 25.3 Å². The molecule has 112 valence electrons. The van der Waals surface area contributed by atoms with Crippen LogP contribution in [0.1, 0.15) is 57.6 Å². The van der Waals surface area contributed by atoms with E-state index in [1.807, 2.05) is 19.1 Å². The summed E-state index contributed by atoms with van der Waals surface area (Å²) in [4.78, 5) is 2.45. The van der Waals surface area contributed by atoms with E-state index >= 15 is 0 Å². The van der Waals surface area contributed by atoms with Crippen molar-refractivity contribution >= 4 is 5.69 Å². The van der Waals surface area contributed by atoms with E-state index in [0.717, 1.165) is 23.5 Å². The number of nitrogens with zero attached hydrogens (tertiary/aromatic N) is 1. The molecular weight excluding hydrogens is 250 g/mol. The van der Waals surface area contributed by atoms with Gasteiger partial charge in [-0.05, 0) is 38.8 Å². The molecule has 1 aromatic carbocycles. The Labute approximate surface area is 122 Å². The first-order valence-corrected chi connectivity index (χ1v) is 7.80. The molecule has 1 aliphatic rings. The van der Waals surface area contributed by atoms with Crippen molar-refractivity contribution in [3.8, 4) is 5.75 Å². The molecular formula is C17H27NO2. The molecule has 1 N–H and O–H groups in total. The van der Waals surface area contributed by atoms with Gasteiger partial charge < -0.3 is 14.7 Å². The highest BCUT2D eigenvalue weighted by Gasteiger charge is 2.24. The molecule has 0 bridgehead atoms. The molecule has 1 fully saturated rings. The summed E-state index contributed by atoms with van der Waals surface area (Å²) in [5.41, 5.74) is 2.05. The van der Waals surface area contributed by atoms with Gasteiger partial charge in [-0.3, -0.25) is 0 Å². The van der Waals surface area contributed by atoms with Crippen LogP contribution in [0.3, 0.4) is 0 Å². The second kappa shape index (κ2) is 6.98. The van der Waals surface area contributed by atoms with Gasteiger partial charge >= 0.3 is 0 Å². The predicted octanol–water partition coefficient (Wildman–Crippen LogP) is 3.91. The highest BCUT2D eigenvalue weighted by atomic mass is 16.5. The molecule has 1 aromatic rings. The first-order valence-electron chi connectivity index (χ1n) is 7.80. The molecule has 0 heterocycles. The van der Waals surface area contributed by atoms with Gasteiger partial charge in [0.05, 0.1) is 13.2 Å². The zero-order valence-corrected chi connectivity index (χ0v) is 12.9. The third-order valence-corrected chi connectivity index (χ3v) is 4.35. The Kier molecular flexibility index (Phi) is 5.30. The van der Waals surface area contributed by atoms with Crippen molar-refractivity contribution in [3.05, 3.63) is 23.8 Å². The van der Waals surface area contributed by atoms with Gasteiger partial charge in [0.15, 0.2) is 0 Å². The van der Waals surface area contributed by atoms with Crippen molar-refractivity contribution in [2.24, 2.45) is 0 Å². The normalized spacial score (nSPS) is 17.8. The second-order valence-electron chi connectivity index (χ2n) is 5.65. The van der Waals surface area contributed by atoms with Crippen molar-refractivity contribution in [1.29, 1.82) is 0 Å². The summed E-state index contributed by atoms with van der Waals surface area (Å²) in [5, 5.41) is 10.2. The maximum atomic E-state index is 10.2. The third-order valence-electron chi connectivity index (χ3n) is 4.35. The predicted molar refractivity (Wildman–Crippen MR) is 83.5 cm³/mol. The molecule has 1 atom stereocenters. The van der Waals surface area contributed by atoms with E-state index in [1.54, 1.807) is 7.11 Å². The molecule has 0 aromatic heterocycles. The van der Waals surface area contributed by atoms with E-state index in [1.165, 1.54) is 32.1 Å². The second-order valence-corrected chi connectivity index (χ2v) is 5.65. The number of benzene rings is 1. The third kappa shape index (κ3) is 3.09. The fourth-order valence-corrected chi connectivity index (χ4v) is 3.40. The summed E-state index contributed by atoms with van der Waals surface area (Å²) in [6.45, 7) is 4.98. The topological polar surface area (TPSA) is 32.7 Å². The standard InChI is InChI=1S/C17H27NO2/c1-4-18(14-9-6-5-7-10-14)15-11-8-12-16(20-3)17(15)13(2)19/h8,11-14,19H,4-7,9-10H2,1-3H3/t13-/m0/s1. The average Bonchev–Trinajstić information content (AvgIpc) is 2.48. The van der Waals surface area contributed by atoms with Gasteiger partial charge in [-0.25, -0.2) is 0 Å². The van der Waals surface area contributed by atoms with Crippen LogP contribution in [0, 0.1) is 0 Å². The van der Waals surface area contributed by atoms with Crippen LogP contribution < -0.4 is 9.64 Å². The van der Waals surface area contributed by atoms with Crippen molar-refractivity contribution < 1.29 is 9.84 Å². The van der Waals surface area contributed by atoms with Crippen LogP contribution in [0.5, 0.6) is 5.75 Å². The van der Waals surface area contributed by atoms with Crippen molar-refractivity contribution in [2.75, 3.05) is 18.6 Å². The first kappa shape index (κ1) is 15.2. The zero-order valence-electron chi connectivity index (χ0n) is 12.9. The minimum Gasteiger partial charge on any atom is -0.496 e. The minimum absolute atomic E-state index is 0.515. The molecule has 0 unspecified atom stereocenters. The van der Waals surface area contributed by atoms with E-state index in [9.17, 15) is 5.11 Å². The van der Waals surface area contributed by atoms with Crippen LogP contribution in [0.4, 0.5) is 5.69 Å². The lowest BCUT2D eigenvalue weighted by molar-refractivity contribution is 0.194. The van der Waals surface area contributed by atoms with Crippen LogP contribution in [-0.2, 0) is 0 Å². The Morgan fingerprint density at radius 3 is 2.55 bits per heavy atom. The van der Waals surface area contributed by atoms with E-state index in [-0.39, 0.29) is 0 Å². The summed E-state index contributed by atoms with van der Waals surface area (Å²) in [7, 11) is 1.67. The molecule has 0 aliphatic heterocycles. The molecule has 1 saturated carbocycles. The van der Waals surface area contributed by atoms with Crippen molar-refractivity contribution in [1.82, 2.24) is 0 Å². The summed E-state index contributed by atoms with van der Waals surface area (Å²) in [6, 6.07) is 6.66.